The molecule has 2 aliphatic heterocycles. The number of nitrogens with one attached hydrogen (secondary N) is 1. The largest absolute Gasteiger partial charge is 0.465 e. The predicted molar refractivity (Wildman–Crippen MR) is 41.9 cm³/mol. The van der Waals surface area contributed by atoms with Crippen LogP contribution in [0.1, 0.15) is 0 Å². The molecule has 0 radical (unpaired) electrons. The second-order valence-corrected chi connectivity index (χ2v) is 5.31. The lowest BCUT2D eigenvalue weighted by atomic mass is 11.0. The van der Waals surface area contributed by atoms with Crippen LogP contribution in [0.4, 0.5) is 4.79 Å². The van der Waals surface area contributed by atoms with Crippen LogP contribution in [0.2, 0.25) is 0 Å². The smallest absolute Gasteiger partial charge is 0.412 e. The third kappa shape index (κ3) is 1.33. The standard InChI is InChI=1S/C5H10N3O3P/c9-5(10)6-12(11,7-1-2-7)8-3-4-8/h1-4H2,(H,6,11)(H,9,10). The van der Waals surface area contributed by atoms with Gasteiger partial charge in [0, 0.05) is 26.2 Å². The van der Waals surface area contributed by atoms with Gasteiger partial charge in [0.15, 0.2) is 0 Å². The summed E-state index contributed by atoms with van der Waals surface area (Å²) >= 11 is 0. The summed E-state index contributed by atoms with van der Waals surface area (Å²) < 4.78 is 15.2. The Morgan fingerprint density at radius 2 is 1.67 bits per heavy atom. The van der Waals surface area contributed by atoms with E-state index in [1.165, 1.54) is 0 Å². The third-order valence-corrected chi connectivity index (χ3v) is 4.67. The van der Waals surface area contributed by atoms with Gasteiger partial charge in [0.25, 0.3) is 0 Å². The van der Waals surface area contributed by atoms with E-state index in [0.29, 0.717) is 0 Å². The minimum absolute atomic E-state index is 0.730. The second-order valence-electron chi connectivity index (χ2n) is 2.87. The third-order valence-electron chi connectivity index (χ3n) is 1.86. The average Bonchev–Trinajstić information content (AvgIpc) is 2.82. The molecule has 2 fully saturated rings. The van der Waals surface area contributed by atoms with Crippen molar-refractivity contribution in [1.82, 2.24) is 14.4 Å². The summed E-state index contributed by atoms with van der Waals surface area (Å²) in [5.74, 6) is 0. The molecule has 0 aromatic rings. The molecule has 0 saturated carbocycles. The SMILES string of the molecule is O=C(O)NP(=O)(N1CC1)N1CC1. The Morgan fingerprint density at radius 1 is 1.25 bits per heavy atom. The molecule has 2 saturated heterocycles. The van der Waals surface area contributed by atoms with E-state index in [4.69, 9.17) is 5.11 Å². The first-order valence-corrected chi connectivity index (χ1v) is 5.36. The predicted octanol–water partition coefficient (Wildman–Crippen LogP) is -0.00670. The lowest BCUT2D eigenvalue weighted by Gasteiger charge is -2.18. The minimum Gasteiger partial charge on any atom is -0.465 e. The molecule has 0 aromatic heterocycles. The van der Waals surface area contributed by atoms with Crippen molar-refractivity contribution in [2.75, 3.05) is 26.2 Å². The van der Waals surface area contributed by atoms with E-state index >= 15 is 0 Å². The number of hydrogen-bond acceptors (Lipinski definition) is 2. The van der Waals surface area contributed by atoms with E-state index in [1.807, 2.05) is 0 Å². The van der Waals surface area contributed by atoms with Crippen LogP contribution in [0, 0.1) is 0 Å². The van der Waals surface area contributed by atoms with Crippen molar-refractivity contribution in [2.45, 2.75) is 0 Å². The van der Waals surface area contributed by atoms with Gasteiger partial charge in [-0.2, -0.15) is 0 Å². The van der Waals surface area contributed by atoms with Gasteiger partial charge < -0.3 is 5.11 Å². The molecule has 0 aliphatic carbocycles. The summed E-state index contributed by atoms with van der Waals surface area (Å²) in [5, 5.41) is 10.6. The zero-order valence-corrected chi connectivity index (χ0v) is 7.33. The molecule has 2 N–H and O–H groups in total. The number of nitrogens with zero attached hydrogens (tertiary/aromatic N) is 2. The van der Waals surface area contributed by atoms with Crippen LogP contribution >= 0.6 is 7.59 Å². The van der Waals surface area contributed by atoms with Crippen LogP contribution in [0.3, 0.4) is 0 Å². The fourth-order valence-electron chi connectivity index (χ4n) is 1.08. The monoisotopic (exact) mass is 191 g/mol. The Kier molecular flexibility index (Phi) is 1.64. The van der Waals surface area contributed by atoms with E-state index in [1.54, 1.807) is 9.34 Å². The molecule has 12 heavy (non-hydrogen) atoms. The maximum Gasteiger partial charge on any atom is 0.412 e. The van der Waals surface area contributed by atoms with E-state index in [0.717, 1.165) is 26.2 Å². The van der Waals surface area contributed by atoms with Crippen LogP contribution in [0.5, 0.6) is 0 Å². The minimum atomic E-state index is -2.88. The molecule has 6 nitrogen and oxygen atoms in total. The van der Waals surface area contributed by atoms with Gasteiger partial charge in [-0.3, -0.25) is 4.57 Å². The van der Waals surface area contributed by atoms with Crippen molar-refractivity contribution in [1.29, 1.82) is 0 Å². The summed E-state index contributed by atoms with van der Waals surface area (Å²) in [6.07, 6.45) is -1.21. The van der Waals surface area contributed by atoms with Gasteiger partial charge in [0.05, 0.1) is 0 Å². The molecule has 0 spiro atoms. The first-order chi connectivity index (χ1) is 5.63. The maximum atomic E-state index is 11.9. The molecule has 0 aromatic carbocycles. The van der Waals surface area contributed by atoms with Crippen LogP contribution in [0.15, 0.2) is 0 Å². The molecular weight excluding hydrogens is 181 g/mol. The lowest BCUT2D eigenvalue weighted by Crippen LogP contribution is -2.25. The van der Waals surface area contributed by atoms with Crippen LogP contribution in [-0.2, 0) is 4.57 Å². The highest BCUT2D eigenvalue weighted by Gasteiger charge is 2.49. The van der Waals surface area contributed by atoms with Crippen molar-refractivity contribution in [3.63, 3.8) is 0 Å². The summed E-state index contributed by atoms with van der Waals surface area (Å²) in [4.78, 5) is 10.3. The van der Waals surface area contributed by atoms with Crippen molar-refractivity contribution in [3.05, 3.63) is 0 Å². The Balaban J connectivity index is 2.09. The van der Waals surface area contributed by atoms with Crippen LogP contribution < -0.4 is 5.09 Å². The fraction of sp³-hybridized carbons (Fsp3) is 0.800. The van der Waals surface area contributed by atoms with Crippen molar-refractivity contribution < 1.29 is 14.5 Å². The number of hydrogen-bond donors (Lipinski definition) is 2. The Morgan fingerprint density at radius 3 is 1.92 bits per heavy atom. The lowest BCUT2D eigenvalue weighted by molar-refractivity contribution is 0.200. The molecule has 0 atom stereocenters. The number of rotatable bonds is 3. The molecule has 2 aliphatic rings. The maximum absolute atomic E-state index is 11.9. The van der Waals surface area contributed by atoms with Crippen molar-refractivity contribution in [3.8, 4) is 0 Å². The van der Waals surface area contributed by atoms with Crippen LogP contribution in [-0.4, -0.2) is 46.7 Å². The highest BCUT2D eigenvalue weighted by atomic mass is 31.2. The van der Waals surface area contributed by atoms with Gasteiger partial charge in [-0.25, -0.2) is 19.2 Å². The topological polar surface area (TPSA) is 72.4 Å². The molecule has 1 amide bonds. The molecule has 7 heteroatoms. The van der Waals surface area contributed by atoms with Crippen molar-refractivity contribution >= 4 is 13.7 Å². The summed E-state index contributed by atoms with van der Waals surface area (Å²) in [7, 11) is -2.88. The molecule has 2 heterocycles. The van der Waals surface area contributed by atoms with Gasteiger partial charge in [-0.05, 0) is 0 Å². The zero-order valence-electron chi connectivity index (χ0n) is 6.43. The van der Waals surface area contributed by atoms with E-state index in [2.05, 4.69) is 5.09 Å². The molecule has 68 valence electrons. The number of carboxylic acid groups (broad SMARTS) is 1. The number of amides is 1. The Bertz CT molecular complexity index is 245. The normalized spacial score (nSPS) is 23.7. The molecule has 0 unspecified atom stereocenters. The summed E-state index contributed by atoms with van der Waals surface area (Å²) in [5.41, 5.74) is 0. The van der Waals surface area contributed by atoms with Gasteiger partial charge in [0.2, 0.25) is 0 Å². The van der Waals surface area contributed by atoms with Gasteiger partial charge in [0.1, 0.15) is 0 Å². The van der Waals surface area contributed by atoms with Crippen molar-refractivity contribution in [2.24, 2.45) is 0 Å². The zero-order chi connectivity index (χ0) is 8.77. The molecule has 0 bridgehead atoms. The van der Waals surface area contributed by atoms with E-state index < -0.39 is 13.7 Å². The van der Waals surface area contributed by atoms with Gasteiger partial charge >= 0.3 is 13.7 Å². The van der Waals surface area contributed by atoms with Crippen LogP contribution in [0.25, 0.3) is 0 Å². The quantitative estimate of drug-likeness (QED) is 0.485. The average molecular weight is 191 g/mol. The summed E-state index contributed by atoms with van der Waals surface area (Å²) in [6.45, 7) is 2.92. The number of carbonyl (C=O) groups is 1. The highest BCUT2D eigenvalue weighted by molar-refractivity contribution is 7.58. The van der Waals surface area contributed by atoms with E-state index in [-0.39, 0.29) is 0 Å². The highest BCUT2D eigenvalue weighted by Crippen LogP contribution is 2.56. The molecule has 2 rings (SSSR count). The first-order valence-electron chi connectivity index (χ1n) is 3.75. The second kappa shape index (κ2) is 2.45. The summed E-state index contributed by atoms with van der Waals surface area (Å²) in [6, 6.07) is 0. The molecular formula is C5H10N3O3P. The van der Waals surface area contributed by atoms with Gasteiger partial charge in [-0.15, -0.1) is 0 Å². The Labute approximate surface area is 69.7 Å². The van der Waals surface area contributed by atoms with Gasteiger partial charge in [-0.1, -0.05) is 0 Å². The Hall–Kier alpha value is -0.580. The van der Waals surface area contributed by atoms with E-state index in [9.17, 15) is 9.36 Å². The first kappa shape index (κ1) is 8.04. The fourth-order valence-corrected chi connectivity index (χ4v) is 3.23.